The molecule has 0 nitrogen and oxygen atoms in total. The summed E-state index contributed by atoms with van der Waals surface area (Å²) in [6, 6.07) is 0. The SMILES string of the molecule is C=CC(CC)CCCC1CC1. The molecule has 0 heterocycles. The molecule has 0 N–H and O–H groups in total. The Morgan fingerprint density at radius 3 is 2.73 bits per heavy atom. The molecule has 1 aliphatic rings. The van der Waals surface area contributed by atoms with Gasteiger partial charge in [-0.25, -0.2) is 0 Å². The summed E-state index contributed by atoms with van der Waals surface area (Å²) in [7, 11) is 0. The summed E-state index contributed by atoms with van der Waals surface area (Å²) >= 11 is 0. The van der Waals surface area contributed by atoms with Crippen LogP contribution in [-0.4, -0.2) is 0 Å². The van der Waals surface area contributed by atoms with Crippen molar-refractivity contribution in [3.05, 3.63) is 12.7 Å². The van der Waals surface area contributed by atoms with Gasteiger partial charge in [-0.2, -0.15) is 0 Å². The van der Waals surface area contributed by atoms with Crippen LogP contribution in [0.2, 0.25) is 0 Å². The molecule has 0 spiro atoms. The highest BCUT2D eigenvalue weighted by molar-refractivity contribution is 4.79. The van der Waals surface area contributed by atoms with Crippen LogP contribution in [0.1, 0.15) is 45.4 Å². The second-order valence-corrected chi connectivity index (χ2v) is 3.78. The maximum Gasteiger partial charge on any atom is -0.0239 e. The van der Waals surface area contributed by atoms with E-state index in [1.165, 1.54) is 38.5 Å². The average molecular weight is 152 g/mol. The molecule has 1 unspecified atom stereocenters. The van der Waals surface area contributed by atoms with Gasteiger partial charge in [0.2, 0.25) is 0 Å². The van der Waals surface area contributed by atoms with E-state index in [2.05, 4.69) is 19.6 Å². The summed E-state index contributed by atoms with van der Waals surface area (Å²) < 4.78 is 0. The lowest BCUT2D eigenvalue weighted by Crippen LogP contribution is -1.93. The van der Waals surface area contributed by atoms with Gasteiger partial charge in [0.15, 0.2) is 0 Å². The molecular weight excluding hydrogens is 132 g/mol. The molecule has 0 aromatic rings. The van der Waals surface area contributed by atoms with Crippen LogP contribution in [0.15, 0.2) is 12.7 Å². The van der Waals surface area contributed by atoms with E-state index in [1.54, 1.807) is 0 Å². The van der Waals surface area contributed by atoms with Crippen molar-refractivity contribution >= 4 is 0 Å². The number of rotatable bonds is 6. The van der Waals surface area contributed by atoms with Crippen molar-refractivity contribution in [3.8, 4) is 0 Å². The first kappa shape index (κ1) is 8.83. The number of allylic oxidation sites excluding steroid dienone is 1. The Bertz CT molecular complexity index is 111. The Morgan fingerprint density at radius 2 is 2.27 bits per heavy atom. The van der Waals surface area contributed by atoms with Crippen LogP contribution in [0.5, 0.6) is 0 Å². The lowest BCUT2D eigenvalue weighted by Gasteiger charge is -2.07. The van der Waals surface area contributed by atoms with Crippen molar-refractivity contribution in [3.63, 3.8) is 0 Å². The van der Waals surface area contributed by atoms with Crippen molar-refractivity contribution in [2.24, 2.45) is 11.8 Å². The van der Waals surface area contributed by atoms with E-state index in [-0.39, 0.29) is 0 Å². The Balaban J connectivity index is 1.94. The molecule has 1 rings (SSSR count). The van der Waals surface area contributed by atoms with E-state index in [4.69, 9.17) is 0 Å². The first-order valence-electron chi connectivity index (χ1n) is 4.99. The molecule has 1 aliphatic carbocycles. The predicted octanol–water partition coefficient (Wildman–Crippen LogP) is 3.78. The van der Waals surface area contributed by atoms with E-state index in [0.29, 0.717) is 0 Å². The van der Waals surface area contributed by atoms with Gasteiger partial charge < -0.3 is 0 Å². The van der Waals surface area contributed by atoms with Crippen LogP contribution < -0.4 is 0 Å². The van der Waals surface area contributed by atoms with Crippen molar-refractivity contribution in [2.75, 3.05) is 0 Å². The maximum atomic E-state index is 3.85. The molecule has 0 aromatic heterocycles. The molecular formula is C11H20. The summed E-state index contributed by atoms with van der Waals surface area (Å²) in [5, 5.41) is 0. The topological polar surface area (TPSA) is 0 Å². The molecule has 0 aromatic carbocycles. The first-order valence-corrected chi connectivity index (χ1v) is 4.99. The van der Waals surface area contributed by atoms with Crippen LogP contribution in [-0.2, 0) is 0 Å². The number of hydrogen-bond acceptors (Lipinski definition) is 0. The molecule has 64 valence electrons. The smallest absolute Gasteiger partial charge is 0.0239 e. The quantitative estimate of drug-likeness (QED) is 0.508. The molecule has 0 heteroatoms. The highest BCUT2D eigenvalue weighted by Gasteiger charge is 2.20. The predicted molar refractivity (Wildman–Crippen MR) is 50.6 cm³/mol. The summed E-state index contributed by atoms with van der Waals surface area (Å²) in [5.74, 6) is 1.89. The lowest BCUT2D eigenvalue weighted by atomic mass is 9.99. The minimum atomic E-state index is 0.786. The van der Waals surface area contributed by atoms with Gasteiger partial charge in [-0.3, -0.25) is 0 Å². The second kappa shape index (κ2) is 4.58. The third-order valence-corrected chi connectivity index (χ3v) is 2.74. The molecule has 1 fully saturated rings. The zero-order valence-electron chi connectivity index (χ0n) is 7.68. The number of hydrogen-bond donors (Lipinski definition) is 0. The van der Waals surface area contributed by atoms with Crippen LogP contribution in [0, 0.1) is 11.8 Å². The Kier molecular flexibility index (Phi) is 3.68. The fraction of sp³-hybridized carbons (Fsp3) is 0.818. The van der Waals surface area contributed by atoms with Crippen molar-refractivity contribution in [1.29, 1.82) is 0 Å². The standard InChI is InChI=1S/C11H20/c1-3-10(4-2)6-5-7-11-8-9-11/h3,10-11H,1,4-9H2,2H3. The zero-order chi connectivity index (χ0) is 8.10. The normalized spacial score (nSPS) is 19.7. The molecule has 11 heavy (non-hydrogen) atoms. The lowest BCUT2D eigenvalue weighted by molar-refractivity contribution is 0.515. The minimum Gasteiger partial charge on any atom is -0.103 e. The fourth-order valence-electron chi connectivity index (χ4n) is 1.56. The summed E-state index contributed by atoms with van der Waals surface area (Å²) in [6.45, 7) is 6.10. The monoisotopic (exact) mass is 152 g/mol. The fourth-order valence-corrected chi connectivity index (χ4v) is 1.56. The van der Waals surface area contributed by atoms with Gasteiger partial charge in [-0.15, -0.1) is 6.58 Å². The maximum absolute atomic E-state index is 3.85. The van der Waals surface area contributed by atoms with Crippen molar-refractivity contribution < 1.29 is 0 Å². The van der Waals surface area contributed by atoms with Crippen molar-refractivity contribution in [1.82, 2.24) is 0 Å². The summed E-state index contributed by atoms with van der Waals surface area (Å²) in [4.78, 5) is 0. The molecule has 0 radical (unpaired) electrons. The van der Waals surface area contributed by atoms with Gasteiger partial charge in [0.1, 0.15) is 0 Å². The third kappa shape index (κ3) is 3.60. The Morgan fingerprint density at radius 1 is 1.55 bits per heavy atom. The minimum absolute atomic E-state index is 0.786. The average Bonchev–Trinajstić information content (AvgIpc) is 2.82. The summed E-state index contributed by atoms with van der Waals surface area (Å²) in [5.41, 5.74) is 0. The zero-order valence-corrected chi connectivity index (χ0v) is 7.68. The van der Waals surface area contributed by atoms with Gasteiger partial charge in [0.05, 0.1) is 0 Å². The van der Waals surface area contributed by atoms with Crippen LogP contribution in [0.4, 0.5) is 0 Å². The van der Waals surface area contributed by atoms with E-state index in [9.17, 15) is 0 Å². The van der Waals surface area contributed by atoms with Gasteiger partial charge in [0.25, 0.3) is 0 Å². The van der Waals surface area contributed by atoms with Crippen LogP contribution in [0.3, 0.4) is 0 Å². The molecule has 0 saturated heterocycles. The van der Waals surface area contributed by atoms with E-state index in [1.807, 2.05) is 0 Å². The molecule has 0 bridgehead atoms. The molecule has 1 saturated carbocycles. The van der Waals surface area contributed by atoms with E-state index < -0.39 is 0 Å². The first-order chi connectivity index (χ1) is 5.36. The van der Waals surface area contributed by atoms with Gasteiger partial charge in [0, 0.05) is 0 Å². The second-order valence-electron chi connectivity index (χ2n) is 3.78. The van der Waals surface area contributed by atoms with E-state index in [0.717, 1.165) is 11.8 Å². The van der Waals surface area contributed by atoms with Gasteiger partial charge >= 0.3 is 0 Å². The van der Waals surface area contributed by atoms with E-state index >= 15 is 0 Å². The Hall–Kier alpha value is -0.260. The third-order valence-electron chi connectivity index (χ3n) is 2.74. The Labute approximate surface area is 70.7 Å². The van der Waals surface area contributed by atoms with Gasteiger partial charge in [-0.1, -0.05) is 38.7 Å². The molecule has 0 amide bonds. The van der Waals surface area contributed by atoms with Crippen molar-refractivity contribution in [2.45, 2.75) is 45.4 Å². The van der Waals surface area contributed by atoms with Gasteiger partial charge in [-0.05, 0) is 24.7 Å². The highest BCUT2D eigenvalue weighted by atomic mass is 14.3. The molecule has 1 atom stereocenters. The summed E-state index contributed by atoms with van der Waals surface area (Å²) in [6.07, 6.45) is 10.7. The highest BCUT2D eigenvalue weighted by Crippen LogP contribution is 2.34. The van der Waals surface area contributed by atoms with Crippen LogP contribution in [0.25, 0.3) is 0 Å². The van der Waals surface area contributed by atoms with Crippen LogP contribution >= 0.6 is 0 Å². The largest absolute Gasteiger partial charge is 0.103 e. The molecule has 0 aliphatic heterocycles.